The molecule has 1 aromatic heterocycles. The Balaban J connectivity index is 2.25. The minimum atomic E-state index is -0.959. The molecule has 0 saturated carbocycles. The highest BCUT2D eigenvalue weighted by Gasteiger charge is 2.14. The molecule has 1 heterocycles. The quantitative estimate of drug-likeness (QED) is 0.766. The summed E-state index contributed by atoms with van der Waals surface area (Å²) in [5.74, 6) is -0.352. The molecule has 0 spiro atoms. The Morgan fingerprint density at radius 1 is 1.10 bits per heavy atom. The monoisotopic (exact) mass is 267 g/mol. The van der Waals surface area contributed by atoms with E-state index in [1.807, 2.05) is 26.0 Å². The second-order valence-corrected chi connectivity index (χ2v) is 4.93. The molecule has 0 aliphatic rings. The molecule has 0 radical (unpaired) electrons. The summed E-state index contributed by atoms with van der Waals surface area (Å²) in [5, 5.41) is 13.8. The van der Waals surface area contributed by atoms with E-state index in [0.717, 1.165) is 22.1 Å². The largest absolute Gasteiger partial charge is 0.478 e. The zero-order valence-corrected chi connectivity index (χ0v) is 11.2. The summed E-state index contributed by atoms with van der Waals surface area (Å²) in [6, 6.07) is 10.9. The normalized spacial score (nSPS) is 10.9. The van der Waals surface area contributed by atoms with E-state index in [1.165, 1.54) is 6.07 Å². The molecule has 0 amide bonds. The van der Waals surface area contributed by atoms with E-state index in [-0.39, 0.29) is 5.56 Å². The molecule has 20 heavy (non-hydrogen) atoms. The maximum Gasteiger partial charge on any atom is 0.335 e. The summed E-state index contributed by atoms with van der Waals surface area (Å²) < 4.78 is 5.40. The SMILES string of the molecule is Cc1cc(C)cc(-c2onc3ccc(C(=O)O)cc23)c1. The minimum Gasteiger partial charge on any atom is -0.478 e. The number of aromatic nitrogens is 1. The predicted molar refractivity (Wildman–Crippen MR) is 75.9 cm³/mol. The van der Waals surface area contributed by atoms with Gasteiger partial charge >= 0.3 is 5.97 Å². The molecule has 0 aliphatic heterocycles. The van der Waals surface area contributed by atoms with Crippen molar-refractivity contribution in [2.24, 2.45) is 0 Å². The first kappa shape index (κ1) is 12.4. The third kappa shape index (κ3) is 2.05. The fourth-order valence-electron chi connectivity index (χ4n) is 2.39. The summed E-state index contributed by atoms with van der Waals surface area (Å²) in [6.45, 7) is 4.02. The van der Waals surface area contributed by atoms with Crippen molar-refractivity contribution in [1.82, 2.24) is 5.16 Å². The number of aryl methyl sites for hydroxylation is 2. The highest BCUT2D eigenvalue weighted by molar-refractivity contribution is 5.98. The Bertz CT molecular complexity index is 797. The van der Waals surface area contributed by atoms with Crippen molar-refractivity contribution >= 4 is 16.9 Å². The lowest BCUT2D eigenvalue weighted by Gasteiger charge is -2.02. The third-order valence-corrected chi connectivity index (χ3v) is 3.21. The van der Waals surface area contributed by atoms with Crippen molar-refractivity contribution in [2.45, 2.75) is 13.8 Å². The third-order valence-electron chi connectivity index (χ3n) is 3.21. The molecular weight excluding hydrogens is 254 g/mol. The van der Waals surface area contributed by atoms with Gasteiger partial charge in [0.25, 0.3) is 0 Å². The first-order valence-corrected chi connectivity index (χ1v) is 6.26. The fraction of sp³-hybridized carbons (Fsp3) is 0.125. The molecule has 0 bridgehead atoms. The van der Waals surface area contributed by atoms with Crippen LogP contribution in [-0.2, 0) is 0 Å². The number of hydrogen-bond acceptors (Lipinski definition) is 3. The number of aromatic carboxylic acids is 1. The zero-order valence-electron chi connectivity index (χ0n) is 11.2. The Hall–Kier alpha value is -2.62. The van der Waals surface area contributed by atoms with Gasteiger partial charge in [-0.05, 0) is 44.2 Å². The second-order valence-electron chi connectivity index (χ2n) is 4.93. The topological polar surface area (TPSA) is 63.3 Å². The van der Waals surface area contributed by atoms with E-state index in [1.54, 1.807) is 12.1 Å². The number of carbonyl (C=O) groups is 1. The van der Waals surface area contributed by atoms with Gasteiger partial charge in [0.05, 0.1) is 10.9 Å². The Kier molecular flexibility index (Phi) is 2.79. The summed E-state index contributed by atoms with van der Waals surface area (Å²) in [7, 11) is 0. The van der Waals surface area contributed by atoms with Gasteiger partial charge in [-0.25, -0.2) is 4.79 Å². The van der Waals surface area contributed by atoms with Gasteiger partial charge < -0.3 is 9.63 Å². The highest BCUT2D eigenvalue weighted by atomic mass is 16.5. The molecule has 1 N–H and O–H groups in total. The molecule has 2 aromatic carbocycles. The van der Waals surface area contributed by atoms with Crippen LogP contribution in [0.5, 0.6) is 0 Å². The van der Waals surface area contributed by atoms with E-state index in [2.05, 4.69) is 11.2 Å². The van der Waals surface area contributed by atoms with Gasteiger partial charge in [-0.1, -0.05) is 22.3 Å². The number of benzene rings is 2. The highest BCUT2D eigenvalue weighted by Crippen LogP contribution is 2.30. The minimum absolute atomic E-state index is 0.228. The Labute approximate surface area is 115 Å². The molecule has 0 saturated heterocycles. The van der Waals surface area contributed by atoms with Crippen LogP contribution in [0.25, 0.3) is 22.2 Å². The number of carboxylic acid groups (broad SMARTS) is 1. The number of hydrogen-bond donors (Lipinski definition) is 1. The van der Waals surface area contributed by atoms with Crippen molar-refractivity contribution in [3.8, 4) is 11.3 Å². The molecule has 0 atom stereocenters. The van der Waals surface area contributed by atoms with Crippen molar-refractivity contribution in [3.63, 3.8) is 0 Å². The van der Waals surface area contributed by atoms with Gasteiger partial charge in [0.2, 0.25) is 0 Å². The maximum absolute atomic E-state index is 11.1. The van der Waals surface area contributed by atoms with Crippen molar-refractivity contribution in [2.75, 3.05) is 0 Å². The summed E-state index contributed by atoms with van der Waals surface area (Å²) >= 11 is 0. The van der Waals surface area contributed by atoms with Crippen molar-refractivity contribution in [3.05, 3.63) is 53.1 Å². The molecular formula is C16H13NO3. The standard InChI is InChI=1S/C16H13NO3/c1-9-5-10(2)7-12(6-9)15-13-8-11(16(18)19)3-4-14(13)17-20-15/h3-8H,1-2H3,(H,18,19). The van der Waals surface area contributed by atoms with Crippen molar-refractivity contribution in [1.29, 1.82) is 0 Å². The lowest BCUT2D eigenvalue weighted by molar-refractivity contribution is 0.0697. The van der Waals surface area contributed by atoms with Crippen LogP contribution in [0.2, 0.25) is 0 Å². The Morgan fingerprint density at radius 3 is 2.45 bits per heavy atom. The van der Waals surface area contributed by atoms with E-state index >= 15 is 0 Å². The number of fused-ring (bicyclic) bond motifs is 1. The van der Waals surface area contributed by atoms with Gasteiger partial charge in [0.1, 0.15) is 5.52 Å². The summed E-state index contributed by atoms with van der Waals surface area (Å²) in [6.07, 6.45) is 0. The van der Waals surface area contributed by atoms with Gasteiger partial charge in [-0.15, -0.1) is 0 Å². The lowest BCUT2D eigenvalue weighted by atomic mass is 10.0. The van der Waals surface area contributed by atoms with E-state index in [4.69, 9.17) is 9.63 Å². The van der Waals surface area contributed by atoms with E-state index < -0.39 is 5.97 Å². The van der Waals surface area contributed by atoms with Crippen LogP contribution in [-0.4, -0.2) is 16.2 Å². The maximum atomic E-state index is 11.1. The van der Waals surface area contributed by atoms with Crippen LogP contribution in [0.15, 0.2) is 40.9 Å². The van der Waals surface area contributed by atoms with Crippen LogP contribution in [0.4, 0.5) is 0 Å². The molecule has 0 fully saturated rings. The molecule has 3 rings (SSSR count). The van der Waals surface area contributed by atoms with Crippen molar-refractivity contribution < 1.29 is 14.4 Å². The lowest BCUT2D eigenvalue weighted by Crippen LogP contribution is -1.95. The first-order valence-electron chi connectivity index (χ1n) is 6.26. The molecule has 4 nitrogen and oxygen atoms in total. The zero-order chi connectivity index (χ0) is 14.3. The second kappa shape index (κ2) is 4.49. The van der Waals surface area contributed by atoms with Crippen LogP contribution >= 0.6 is 0 Å². The van der Waals surface area contributed by atoms with Crippen LogP contribution in [0.3, 0.4) is 0 Å². The van der Waals surface area contributed by atoms with Gasteiger partial charge in [-0.2, -0.15) is 0 Å². The van der Waals surface area contributed by atoms with Crippen LogP contribution in [0.1, 0.15) is 21.5 Å². The van der Waals surface area contributed by atoms with Gasteiger partial charge in [-0.3, -0.25) is 0 Å². The van der Waals surface area contributed by atoms with Crippen LogP contribution < -0.4 is 0 Å². The van der Waals surface area contributed by atoms with Gasteiger partial charge in [0, 0.05) is 5.56 Å². The number of nitrogens with zero attached hydrogens (tertiary/aromatic N) is 1. The summed E-state index contributed by atoms with van der Waals surface area (Å²) in [4.78, 5) is 11.1. The van der Waals surface area contributed by atoms with E-state index in [0.29, 0.717) is 11.3 Å². The Morgan fingerprint density at radius 2 is 1.80 bits per heavy atom. The predicted octanol–water partition coefficient (Wildman–Crippen LogP) is 3.81. The molecule has 3 aromatic rings. The average molecular weight is 267 g/mol. The molecule has 0 unspecified atom stereocenters. The van der Waals surface area contributed by atoms with E-state index in [9.17, 15) is 4.79 Å². The molecule has 4 heteroatoms. The van der Waals surface area contributed by atoms with Gasteiger partial charge in [0.15, 0.2) is 5.76 Å². The fourth-order valence-corrected chi connectivity index (χ4v) is 2.39. The smallest absolute Gasteiger partial charge is 0.335 e. The first-order chi connectivity index (χ1) is 9.54. The number of carboxylic acids is 1. The molecule has 0 aliphatic carbocycles. The summed E-state index contributed by atoms with van der Waals surface area (Å²) in [5.41, 5.74) is 4.04. The number of rotatable bonds is 2. The van der Waals surface area contributed by atoms with Crippen LogP contribution in [0, 0.1) is 13.8 Å². The average Bonchev–Trinajstić information content (AvgIpc) is 2.80. The molecule has 100 valence electrons.